The van der Waals surface area contributed by atoms with E-state index in [1.807, 2.05) is 6.07 Å². The SMILES string of the molecule is CC(O)CCCNC(C)Cc1cccc(F)c1. The normalized spacial score (nSPS) is 14.6. The zero-order valence-corrected chi connectivity index (χ0v) is 10.6. The first kappa shape index (κ1) is 14.1. The Balaban J connectivity index is 2.23. The van der Waals surface area contributed by atoms with Crippen molar-refractivity contribution in [1.82, 2.24) is 5.32 Å². The molecule has 2 nitrogen and oxygen atoms in total. The molecule has 0 saturated heterocycles. The predicted octanol–water partition coefficient (Wildman–Crippen LogP) is 2.51. The second-order valence-electron chi connectivity index (χ2n) is 4.68. The van der Waals surface area contributed by atoms with E-state index in [-0.39, 0.29) is 11.9 Å². The van der Waals surface area contributed by atoms with Crippen molar-refractivity contribution in [3.63, 3.8) is 0 Å². The Morgan fingerprint density at radius 3 is 2.76 bits per heavy atom. The van der Waals surface area contributed by atoms with Crippen LogP contribution in [-0.4, -0.2) is 23.8 Å². The highest BCUT2D eigenvalue weighted by molar-refractivity contribution is 5.17. The van der Waals surface area contributed by atoms with Crippen molar-refractivity contribution in [2.24, 2.45) is 0 Å². The Morgan fingerprint density at radius 1 is 1.35 bits per heavy atom. The summed E-state index contributed by atoms with van der Waals surface area (Å²) in [4.78, 5) is 0. The van der Waals surface area contributed by atoms with E-state index in [1.54, 1.807) is 19.1 Å². The minimum atomic E-state index is -0.227. The average molecular weight is 239 g/mol. The number of halogens is 1. The molecule has 2 atom stereocenters. The minimum absolute atomic E-state index is 0.177. The van der Waals surface area contributed by atoms with Gasteiger partial charge in [0.25, 0.3) is 0 Å². The van der Waals surface area contributed by atoms with Gasteiger partial charge in [0.2, 0.25) is 0 Å². The first-order chi connectivity index (χ1) is 8.08. The van der Waals surface area contributed by atoms with Gasteiger partial charge in [-0.05, 0) is 57.4 Å². The van der Waals surface area contributed by atoms with Crippen LogP contribution >= 0.6 is 0 Å². The Labute approximate surface area is 103 Å². The van der Waals surface area contributed by atoms with Crippen molar-refractivity contribution in [3.05, 3.63) is 35.6 Å². The summed E-state index contributed by atoms with van der Waals surface area (Å²) in [6.45, 7) is 4.78. The fraction of sp³-hybridized carbons (Fsp3) is 0.571. The maximum atomic E-state index is 13.0. The lowest BCUT2D eigenvalue weighted by Gasteiger charge is -2.14. The Hall–Kier alpha value is -0.930. The highest BCUT2D eigenvalue weighted by Gasteiger charge is 2.04. The zero-order valence-electron chi connectivity index (χ0n) is 10.6. The number of nitrogens with one attached hydrogen (secondary N) is 1. The second kappa shape index (κ2) is 7.41. The molecule has 0 saturated carbocycles. The van der Waals surface area contributed by atoms with E-state index >= 15 is 0 Å². The molecule has 0 aliphatic heterocycles. The third-order valence-corrected chi connectivity index (χ3v) is 2.72. The number of benzene rings is 1. The van der Waals surface area contributed by atoms with Crippen molar-refractivity contribution in [2.75, 3.05) is 6.54 Å². The number of aliphatic hydroxyl groups is 1. The van der Waals surface area contributed by atoms with E-state index in [0.717, 1.165) is 31.4 Å². The van der Waals surface area contributed by atoms with Crippen molar-refractivity contribution >= 4 is 0 Å². The van der Waals surface area contributed by atoms with Gasteiger partial charge in [-0.15, -0.1) is 0 Å². The number of aliphatic hydroxyl groups excluding tert-OH is 1. The van der Waals surface area contributed by atoms with Gasteiger partial charge in [0.15, 0.2) is 0 Å². The molecule has 0 aliphatic rings. The third-order valence-electron chi connectivity index (χ3n) is 2.72. The maximum Gasteiger partial charge on any atom is 0.123 e. The van der Waals surface area contributed by atoms with E-state index in [1.165, 1.54) is 6.07 Å². The molecule has 2 unspecified atom stereocenters. The standard InChI is InChI=1S/C14H22FNO/c1-11(16-8-4-5-12(2)17)9-13-6-3-7-14(15)10-13/h3,6-7,10-12,16-17H,4-5,8-9H2,1-2H3. The van der Waals surface area contributed by atoms with Crippen molar-refractivity contribution in [2.45, 2.75) is 45.3 Å². The Kier molecular flexibility index (Phi) is 6.16. The molecule has 1 aromatic rings. The van der Waals surface area contributed by atoms with Crippen molar-refractivity contribution in [1.29, 1.82) is 0 Å². The van der Waals surface area contributed by atoms with Crippen LogP contribution in [0, 0.1) is 5.82 Å². The first-order valence-electron chi connectivity index (χ1n) is 6.24. The molecule has 0 radical (unpaired) electrons. The molecule has 0 aromatic heterocycles. The van der Waals surface area contributed by atoms with Gasteiger partial charge in [0.1, 0.15) is 5.82 Å². The van der Waals surface area contributed by atoms with E-state index in [9.17, 15) is 4.39 Å². The Bertz CT molecular complexity index is 328. The fourth-order valence-corrected chi connectivity index (χ4v) is 1.84. The predicted molar refractivity (Wildman–Crippen MR) is 68.5 cm³/mol. The van der Waals surface area contributed by atoms with Gasteiger partial charge in [-0.1, -0.05) is 12.1 Å². The maximum absolute atomic E-state index is 13.0. The molecule has 3 heteroatoms. The molecule has 0 bridgehead atoms. The summed E-state index contributed by atoms with van der Waals surface area (Å²) < 4.78 is 13.0. The molecule has 1 aromatic carbocycles. The summed E-state index contributed by atoms with van der Waals surface area (Å²) in [7, 11) is 0. The quantitative estimate of drug-likeness (QED) is 0.717. The third kappa shape index (κ3) is 6.39. The molecule has 0 spiro atoms. The summed E-state index contributed by atoms with van der Waals surface area (Å²) in [5, 5.41) is 12.5. The monoisotopic (exact) mass is 239 g/mol. The summed E-state index contributed by atoms with van der Waals surface area (Å²) in [6, 6.07) is 7.05. The van der Waals surface area contributed by atoms with Gasteiger partial charge < -0.3 is 10.4 Å². The summed E-state index contributed by atoms with van der Waals surface area (Å²) in [6.07, 6.45) is 2.38. The number of rotatable bonds is 7. The van der Waals surface area contributed by atoms with Crippen LogP contribution in [0.25, 0.3) is 0 Å². The average Bonchev–Trinajstić information content (AvgIpc) is 2.24. The van der Waals surface area contributed by atoms with Gasteiger partial charge in [-0.25, -0.2) is 4.39 Å². The number of hydrogen-bond donors (Lipinski definition) is 2. The van der Waals surface area contributed by atoms with Gasteiger partial charge in [0.05, 0.1) is 6.10 Å². The van der Waals surface area contributed by atoms with Crippen LogP contribution in [0.1, 0.15) is 32.3 Å². The molecular formula is C14H22FNO. The Morgan fingerprint density at radius 2 is 2.12 bits per heavy atom. The summed E-state index contributed by atoms with van der Waals surface area (Å²) >= 11 is 0. The molecule has 0 heterocycles. The lowest BCUT2D eigenvalue weighted by atomic mass is 10.1. The van der Waals surface area contributed by atoms with E-state index in [4.69, 9.17) is 5.11 Å². The van der Waals surface area contributed by atoms with Crippen molar-refractivity contribution in [3.8, 4) is 0 Å². The minimum Gasteiger partial charge on any atom is -0.393 e. The summed E-state index contributed by atoms with van der Waals surface area (Å²) in [5.74, 6) is -0.177. The van der Waals surface area contributed by atoms with Gasteiger partial charge in [0, 0.05) is 6.04 Å². The van der Waals surface area contributed by atoms with Crippen LogP contribution in [0.5, 0.6) is 0 Å². The highest BCUT2D eigenvalue weighted by Crippen LogP contribution is 2.06. The molecular weight excluding hydrogens is 217 g/mol. The topological polar surface area (TPSA) is 32.3 Å². The van der Waals surface area contributed by atoms with Crippen LogP contribution in [0.2, 0.25) is 0 Å². The molecule has 0 amide bonds. The van der Waals surface area contributed by atoms with Crippen molar-refractivity contribution < 1.29 is 9.50 Å². The van der Waals surface area contributed by atoms with Gasteiger partial charge >= 0.3 is 0 Å². The zero-order chi connectivity index (χ0) is 12.7. The smallest absolute Gasteiger partial charge is 0.123 e. The van der Waals surface area contributed by atoms with Gasteiger partial charge in [-0.2, -0.15) is 0 Å². The molecule has 0 aliphatic carbocycles. The molecule has 0 fully saturated rings. The van der Waals surface area contributed by atoms with Crippen LogP contribution in [0.4, 0.5) is 4.39 Å². The molecule has 96 valence electrons. The highest BCUT2D eigenvalue weighted by atomic mass is 19.1. The van der Waals surface area contributed by atoms with Crippen LogP contribution in [0.15, 0.2) is 24.3 Å². The van der Waals surface area contributed by atoms with E-state index in [0.29, 0.717) is 6.04 Å². The van der Waals surface area contributed by atoms with Crippen LogP contribution in [-0.2, 0) is 6.42 Å². The van der Waals surface area contributed by atoms with E-state index < -0.39 is 0 Å². The number of hydrogen-bond acceptors (Lipinski definition) is 2. The lowest BCUT2D eigenvalue weighted by molar-refractivity contribution is 0.181. The largest absolute Gasteiger partial charge is 0.393 e. The molecule has 2 N–H and O–H groups in total. The van der Waals surface area contributed by atoms with Gasteiger partial charge in [-0.3, -0.25) is 0 Å². The lowest BCUT2D eigenvalue weighted by Crippen LogP contribution is -2.29. The summed E-state index contributed by atoms with van der Waals surface area (Å²) in [5.41, 5.74) is 1.01. The molecule has 17 heavy (non-hydrogen) atoms. The second-order valence-corrected chi connectivity index (χ2v) is 4.68. The van der Waals surface area contributed by atoms with E-state index in [2.05, 4.69) is 12.2 Å². The first-order valence-corrected chi connectivity index (χ1v) is 6.24. The molecule has 1 rings (SSSR count). The van der Waals surface area contributed by atoms with Crippen LogP contribution < -0.4 is 5.32 Å². The van der Waals surface area contributed by atoms with Crippen LogP contribution in [0.3, 0.4) is 0 Å². The fourth-order valence-electron chi connectivity index (χ4n) is 1.84.